The van der Waals surface area contributed by atoms with Crippen LogP contribution < -0.4 is 10.5 Å². The maximum absolute atomic E-state index is 9.54. The second-order valence-corrected chi connectivity index (χ2v) is 8.99. The molecule has 0 unspecified atom stereocenters. The van der Waals surface area contributed by atoms with Crippen LogP contribution in [0.4, 0.5) is 0 Å². The predicted octanol–water partition coefficient (Wildman–Crippen LogP) is 4.39. The number of aliphatic hydroxyl groups excluding tert-OH is 1. The van der Waals surface area contributed by atoms with Crippen molar-refractivity contribution in [2.75, 3.05) is 13.7 Å². The molecule has 0 spiro atoms. The van der Waals surface area contributed by atoms with Gasteiger partial charge in [-0.2, -0.15) is 0 Å². The quantitative estimate of drug-likeness (QED) is 0.783. The molecule has 3 atom stereocenters. The first-order chi connectivity index (χ1) is 13.6. The van der Waals surface area contributed by atoms with E-state index in [4.69, 9.17) is 10.5 Å². The predicted molar refractivity (Wildman–Crippen MR) is 114 cm³/mol. The van der Waals surface area contributed by atoms with Gasteiger partial charge in [0.15, 0.2) is 0 Å². The second kappa shape index (κ2) is 8.26. The fourth-order valence-corrected chi connectivity index (χ4v) is 5.13. The zero-order valence-electron chi connectivity index (χ0n) is 17.0. The Hall–Kier alpha value is -1.84. The molecule has 0 amide bonds. The number of hydrogen-bond acceptors (Lipinski definition) is 3. The van der Waals surface area contributed by atoms with Crippen LogP contribution >= 0.6 is 0 Å². The third kappa shape index (κ3) is 4.26. The summed E-state index contributed by atoms with van der Waals surface area (Å²) in [6.45, 7) is 0.101. The Bertz CT molecular complexity index is 818. The van der Waals surface area contributed by atoms with Crippen molar-refractivity contribution in [1.29, 1.82) is 0 Å². The lowest BCUT2D eigenvalue weighted by Crippen LogP contribution is -2.40. The number of ether oxygens (including phenoxy) is 1. The molecule has 3 nitrogen and oxygen atoms in total. The summed E-state index contributed by atoms with van der Waals surface area (Å²) in [5.41, 5.74) is 11.8. The van der Waals surface area contributed by atoms with Crippen molar-refractivity contribution in [3.8, 4) is 5.75 Å². The van der Waals surface area contributed by atoms with Crippen molar-refractivity contribution < 1.29 is 9.84 Å². The standard InChI is InChI=1S/C25H33NO2/c1-28-24-4-2-3-18(14-24)5-6-19-7-8-21-15-22(10-9-20(21)13-19)23-11-12-25(26,16-23)17-27/h2-4,9-10,14-15,19,23,27H,5-8,11-13,16-17,26H2,1H3/t19-,23-,25+/m0/s1. The summed E-state index contributed by atoms with van der Waals surface area (Å²) in [5, 5.41) is 9.54. The van der Waals surface area contributed by atoms with Crippen LogP contribution in [0, 0.1) is 5.92 Å². The molecular formula is C25H33NO2. The Labute approximate surface area is 168 Å². The van der Waals surface area contributed by atoms with Crippen LogP contribution in [0.5, 0.6) is 5.75 Å². The topological polar surface area (TPSA) is 55.5 Å². The normalized spacial score (nSPS) is 26.8. The molecule has 0 radical (unpaired) electrons. The first-order valence-corrected chi connectivity index (χ1v) is 10.7. The molecule has 0 heterocycles. The number of aryl methyl sites for hydroxylation is 2. The zero-order chi connectivity index (χ0) is 19.6. The molecule has 2 aromatic rings. The molecule has 0 saturated heterocycles. The third-order valence-electron chi connectivity index (χ3n) is 6.97. The van der Waals surface area contributed by atoms with Crippen LogP contribution in [0.2, 0.25) is 0 Å². The van der Waals surface area contributed by atoms with Gasteiger partial charge < -0.3 is 15.6 Å². The van der Waals surface area contributed by atoms with E-state index >= 15 is 0 Å². The third-order valence-corrected chi connectivity index (χ3v) is 6.97. The summed E-state index contributed by atoms with van der Waals surface area (Å²) < 4.78 is 5.34. The van der Waals surface area contributed by atoms with Gasteiger partial charge in [0.05, 0.1) is 13.7 Å². The van der Waals surface area contributed by atoms with Crippen molar-refractivity contribution in [2.24, 2.45) is 11.7 Å². The van der Waals surface area contributed by atoms with E-state index in [0.29, 0.717) is 5.92 Å². The monoisotopic (exact) mass is 379 g/mol. The summed E-state index contributed by atoms with van der Waals surface area (Å²) in [4.78, 5) is 0. The van der Waals surface area contributed by atoms with Crippen LogP contribution in [0.3, 0.4) is 0 Å². The molecule has 150 valence electrons. The first-order valence-electron chi connectivity index (χ1n) is 10.7. The van der Waals surface area contributed by atoms with Crippen LogP contribution in [-0.2, 0) is 19.3 Å². The number of benzene rings is 2. The smallest absolute Gasteiger partial charge is 0.119 e. The fourth-order valence-electron chi connectivity index (χ4n) is 5.13. The molecule has 1 saturated carbocycles. The molecule has 1 fully saturated rings. The summed E-state index contributed by atoms with van der Waals surface area (Å²) in [6, 6.07) is 15.6. The van der Waals surface area contributed by atoms with Gasteiger partial charge in [0.1, 0.15) is 5.75 Å². The van der Waals surface area contributed by atoms with Crippen molar-refractivity contribution in [3.05, 3.63) is 64.7 Å². The average molecular weight is 380 g/mol. The van der Waals surface area contributed by atoms with Crippen LogP contribution in [0.25, 0.3) is 0 Å². The van der Waals surface area contributed by atoms with Gasteiger partial charge in [-0.25, -0.2) is 0 Å². The Morgan fingerprint density at radius 3 is 2.82 bits per heavy atom. The summed E-state index contributed by atoms with van der Waals surface area (Å²) in [5.74, 6) is 2.23. The van der Waals surface area contributed by atoms with E-state index in [0.717, 1.165) is 37.4 Å². The Balaban J connectivity index is 1.37. The van der Waals surface area contributed by atoms with E-state index in [-0.39, 0.29) is 12.1 Å². The van der Waals surface area contributed by atoms with Crippen molar-refractivity contribution >= 4 is 0 Å². The molecule has 0 aromatic heterocycles. The van der Waals surface area contributed by atoms with E-state index < -0.39 is 0 Å². The van der Waals surface area contributed by atoms with E-state index in [2.05, 4.69) is 36.4 Å². The van der Waals surface area contributed by atoms with Crippen molar-refractivity contribution in [2.45, 2.75) is 62.8 Å². The van der Waals surface area contributed by atoms with E-state index in [1.54, 1.807) is 7.11 Å². The van der Waals surface area contributed by atoms with Gasteiger partial charge in [-0.05, 0) is 97.6 Å². The van der Waals surface area contributed by atoms with Gasteiger partial charge in [-0.1, -0.05) is 30.3 Å². The van der Waals surface area contributed by atoms with Gasteiger partial charge in [0, 0.05) is 5.54 Å². The molecule has 0 bridgehead atoms. The molecule has 2 aliphatic carbocycles. The minimum Gasteiger partial charge on any atom is -0.497 e. The first kappa shape index (κ1) is 19.5. The molecule has 3 heteroatoms. The maximum atomic E-state index is 9.54. The Morgan fingerprint density at radius 1 is 1.14 bits per heavy atom. The molecular weight excluding hydrogens is 346 g/mol. The molecule has 28 heavy (non-hydrogen) atoms. The highest BCUT2D eigenvalue weighted by Crippen LogP contribution is 2.40. The van der Waals surface area contributed by atoms with E-state index in [1.807, 2.05) is 6.07 Å². The highest BCUT2D eigenvalue weighted by Gasteiger charge is 2.36. The lowest BCUT2D eigenvalue weighted by Gasteiger charge is -2.26. The van der Waals surface area contributed by atoms with Gasteiger partial charge in [0.2, 0.25) is 0 Å². The van der Waals surface area contributed by atoms with E-state index in [1.165, 1.54) is 47.9 Å². The molecule has 2 aromatic carbocycles. The summed E-state index contributed by atoms with van der Waals surface area (Å²) in [7, 11) is 1.73. The molecule has 4 rings (SSSR count). The van der Waals surface area contributed by atoms with Crippen molar-refractivity contribution in [3.63, 3.8) is 0 Å². The highest BCUT2D eigenvalue weighted by molar-refractivity contribution is 5.37. The maximum Gasteiger partial charge on any atom is 0.119 e. The van der Waals surface area contributed by atoms with Crippen LogP contribution in [-0.4, -0.2) is 24.4 Å². The average Bonchev–Trinajstić information content (AvgIpc) is 3.14. The van der Waals surface area contributed by atoms with Gasteiger partial charge in [0.25, 0.3) is 0 Å². The second-order valence-electron chi connectivity index (χ2n) is 8.99. The summed E-state index contributed by atoms with van der Waals surface area (Å²) >= 11 is 0. The van der Waals surface area contributed by atoms with Gasteiger partial charge in [-0.15, -0.1) is 0 Å². The number of aliphatic hydroxyl groups is 1. The number of rotatable bonds is 6. The van der Waals surface area contributed by atoms with Gasteiger partial charge >= 0.3 is 0 Å². The lowest BCUT2D eigenvalue weighted by atomic mass is 9.79. The zero-order valence-corrected chi connectivity index (χ0v) is 17.0. The lowest BCUT2D eigenvalue weighted by molar-refractivity contribution is 0.198. The Kier molecular flexibility index (Phi) is 5.75. The number of hydrogen-bond donors (Lipinski definition) is 2. The fraction of sp³-hybridized carbons (Fsp3) is 0.520. The minimum absolute atomic E-state index is 0.101. The number of fused-ring (bicyclic) bond motifs is 1. The SMILES string of the molecule is COc1cccc(CC[C@H]2CCc3cc([C@H]4CC[C@](N)(CO)C4)ccc3C2)c1. The van der Waals surface area contributed by atoms with Gasteiger partial charge in [-0.3, -0.25) is 0 Å². The molecule has 0 aliphatic heterocycles. The minimum atomic E-state index is -0.369. The van der Waals surface area contributed by atoms with Crippen LogP contribution in [0.1, 0.15) is 60.3 Å². The van der Waals surface area contributed by atoms with Crippen molar-refractivity contribution in [1.82, 2.24) is 0 Å². The number of methoxy groups -OCH3 is 1. The Morgan fingerprint density at radius 2 is 2.04 bits per heavy atom. The molecule has 2 aliphatic rings. The highest BCUT2D eigenvalue weighted by atomic mass is 16.5. The summed E-state index contributed by atoms with van der Waals surface area (Å²) in [6.07, 6.45) is 8.96. The largest absolute Gasteiger partial charge is 0.497 e. The van der Waals surface area contributed by atoms with E-state index in [9.17, 15) is 5.11 Å². The van der Waals surface area contributed by atoms with Crippen LogP contribution in [0.15, 0.2) is 42.5 Å². The number of nitrogens with two attached hydrogens (primary N) is 1. The molecule has 3 N–H and O–H groups in total.